The van der Waals surface area contributed by atoms with Crippen LogP contribution in [-0.4, -0.2) is 10.6 Å². The van der Waals surface area contributed by atoms with Gasteiger partial charge in [0.15, 0.2) is 0 Å². The Kier molecular flexibility index (Phi) is 24.3. The van der Waals surface area contributed by atoms with Gasteiger partial charge in [0.2, 0.25) is 0 Å². The maximum absolute atomic E-state index is 8.25. The predicted molar refractivity (Wildman–Crippen MR) is 14.0 cm³/mol. The molecule has 0 amide bonds. The van der Waals surface area contributed by atoms with Crippen LogP contribution in [0.3, 0.4) is 0 Å². The van der Waals surface area contributed by atoms with Crippen LogP contribution in [0.1, 0.15) is 0 Å². The van der Waals surface area contributed by atoms with Crippen molar-refractivity contribution >= 4 is 0 Å². The largest absolute Gasteiger partial charge is 3.00 e. The second kappa shape index (κ2) is 9.04. The van der Waals surface area contributed by atoms with Gasteiger partial charge in [0.25, 0.3) is 0 Å². The van der Waals surface area contributed by atoms with Crippen molar-refractivity contribution in [1.29, 1.82) is 0 Å². The predicted octanol–water partition coefficient (Wildman–Crippen LogP) is -1.06. The van der Waals surface area contributed by atoms with Crippen molar-refractivity contribution < 1.29 is 47.4 Å². The van der Waals surface area contributed by atoms with Gasteiger partial charge in [-0.2, -0.15) is 0 Å². The molecule has 0 radical (unpaired) electrons. The van der Waals surface area contributed by atoms with Crippen molar-refractivity contribution in [2.24, 2.45) is 0 Å². The molecule has 6 heteroatoms. The van der Waals surface area contributed by atoms with Gasteiger partial charge in [0.1, 0.15) is 0 Å². The maximum atomic E-state index is 8.25. The number of hydrogen-bond donors (Lipinski definition) is 0. The third kappa shape index (κ3) is 326. The molecular formula is H2LuNO4+2. The Morgan fingerprint density at radius 3 is 1.33 bits per heavy atom. The van der Waals surface area contributed by atoms with Crippen LogP contribution in [0.15, 0.2) is 0 Å². The number of rotatable bonds is 0. The van der Waals surface area contributed by atoms with E-state index in [9.17, 15) is 0 Å². The van der Waals surface area contributed by atoms with Gasteiger partial charge in [0.05, 0.1) is 5.09 Å². The van der Waals surface area contributed by atoms with Gasteiger partial charge in [0, 0.05) is 0 Å². The molecule has 0 bridgehead atoms. The zero-order valence-corrected chi connectivity index (χ0v) is 4.09. The summed E-state index contributed by atoms with van der Waals surface area (Å²) in [4.78, 5) is 8.25. The molecule has 0 aromatic carbocycles. The average molecular weight is 255 g/mol. The van der Waals surface area contributed by atoms with E-state index in [1.54, 1.807) is 0 Å². The van der Waals surface area contributed by atoms with E-state index in [0.29, 0.717) is 0 Å². The fraction of sp³-hybridized carbons (Fsp3) is 0. The fourth-order valence-electron chi connectivity index (χ4n) is 0. The molecule has 0 aromatic rings. The van der Waals surface area contributed by atoms with Gasteiger partial charge in [-0.1, -0.05) is 0 Å². The van der Waals surface area contributed by atoms with Crippen molar-refractivity contribution in [1.82, 2.24) is 0 Å². The van der Waals surface area contributed by atoms with Crippen LogP contribution in [0.2, 0.25) is 0 Å². The molecule has 0 unspecified atom stereocenters. The van der Waals surface area contributed by atoms with Crippen molar-refractivity contribution in [3.05, 3.63) is 15.3 Å². The van der Waals surface area contributed by atoms with E-state index in [1.165, 1.54) is 0 Å². The first-order chi connectivity index (χ1) is 1.73. The van der Waals surface area contributed by atoms with E-state index in [-0.39, 0.29) is 42.4 Å². The second-order valence-corrected chi connectivity index (χ2v) is 0.224. The van der Waals surface area contributed by atoms with Gasteiger partial charge < -0.3 is 20.8 Å². The summed E-state index contributed by atoms with van der Waals surface area (Å²) in [5.41, 5.74) is 0. The first-order valence-electron chi connectivity index (χ1n) is 0.548. The fourth-order valence-corrected chi connectivity index (χ4v) is 0. The molecule has 0 aliphatic heterocycles. The Balaban J connectivity index is -0.0000000450. The summed E-state index contributed by atoms with van der Waals surface area (Å²) in [5.74, 6) is 0. The van der Waals surface area contributed by atoms with Gasteiger partial charge in [-0.05, 0) is 0 Å². The minimum atomic E-state index is -1.75. The minimum absolute atomic E-state index is 0. The number of hydrogen-bond acceptors (Lipinski definition) is 3. The van der Waals surface area contributed by atoms with Crippen molar-refractivity contribution in [3.63, 3.8) is 0 Å². The monoisotopic (exact) mass is 255 g/mol. The molecule has 0 spiro atoms. The van der Waals surface area contributed by atoms with E-state index in [4.69, 9.17) is 15.3 Å². The molecule has 0 fully saturated rings. The Hall–Kier alpha value is 0.394. The van der Waals surface area contributed by atoms with Gasteiger partial charge in [-0.3, -0.25) is 0 Å². The zero-order valence-electron chi connectivity index (χ0n) is 2.43. The van der Waals surface area contributed by atoms with Crippen molar-refractivity contribution in [2.75, 3.05) is 0 Å². The minimum Gasteiger partial charge on any atom is -0.412 e. The van der Waals surface area contributed by atoms with E-state index in [2.05, 4.69) is 0 Å². The molecule has 0 aromatic heterocycles. The van der Waals surface area contributed by atoms with E-state index >= 15 is 0 Å². The molecule has 0 saturated heterocycles. The SMILES string of the molecule is O.O=[N+]([O-])[O-].[Lu+3]. The summed E-state index contributed by atoms with van der Waals surface area (Å²) in [6.45, 7) is 0. The summed E-state index contributed by atoms with van der Waals surface area (Å²) in [6, 6.07) is 0. The Morgan fingerprint density at radius 1 is 1.33 bits per heavy atom. The molecular weight excluding hydrogens is 253 g/mol. The van der Waals surface area contributed by atoms with E-state index in [1.807, 2.05) is 0 Å². The average Bonchev–Trinajstić information content (AvgIpc) is 0.811. The molecule has 44 valence electrons. The molecule has 6 heavy (non-hydrogen) atoms. The third-order valence-corrected chi connectivity index (χ3v) is 0. The molecule has 2 N–H and O–H groups in total. The quantitative estimate of drug-likeness (QED) is 0.407. The molecule has 0 saturated carbocycles. The van der Waals surface area contributed by atoms with Crippen molar-refractivity contribution in [2.45, 2.75) is 0 Å². The Morgan fingerprint density at radius 2 is 1.33 bits per heavy atom. The van der Waals surface area contributed by atoms with Gasteiger partial charge in [-0.25, -0.2) is 0 Å². The Bertz CT molecular complexity index is 30.5. The molecule has 0 aliphatic rings. The van der Waals surface area contributed by atoms with Crippen LogP contribution in [0.5, 0.6) is 0 Å². The first-order valence-corrected chi connectivity index (χ1v) is 0.548. The molecule has 5 nitrogen and oxygen atoms in total. The third-order valence-electron chi connectivity index (χ3n) is 0. The standard InChI is InChI=1S/Lu.NO3.H2O/c;2-1(3)4;/h;;1H2/q+3;-1;. The second-order valence-electron chi connectivity index (χ2n) is 0.224. The first kappa shape index (κ1) is 16.2. The molecule has 0 aliphatic carbocycles. The zero-order chi connectivity index (χ0) is 3.58. The van der Waals surface area contributed by atoms with Crippen LogP contribution in [-0.2, 0) is 0 Å². The van der Waals surface area contributed by atoms with Crippen LogP contribution in [0.25, 0.3) is 0 Å². The van der Waals surface area contributed by atoms with Crippen LogP contribution >= 0.6 is 0 Å². The smallest absolute Gasteiger partial charge is 0.412 e. The molecule has 0 atom stereocenters. The summed E-state index contributed by atoms with van der Waals surface area (Å²) in [7, 11) is 0. The normalized spacial score (nSPS) is 4.00. The summed E-state index contributed by atoms with van der Waals surface area (Å²) >= 11 is 0. The number of nitrogens with zero attached hydrogens (tertiary/aromatic N) is 1. The Labute approximate surface area is 62.6 Å². The molecule has 0 rings (SSSR count). The van der Waals surface area contributed by atoms with Crippen LogP contribution in [0, 0.1) is 52.2 Å². The maximum Gasteiger partial charge on any atom is 3.00 e. The summed E-state index contributed by atoms with van der Waals surface area (Å²) in [6.07, 6.45) is 0. The van der Waals surface area contributed by atoms with Crippen LogP contribution in [0.4, 0.5) is 0 Å². The van der Waals surface area contributed by atoms with E-state index in [0.717, 1.165) is 0 Å². The molecule has 0 heterocycles. The van der Waals surface area contributed by atoms with E-state index < -0.39 is 5.09 Å². The topological polar surface area (TPSA) is 97.7 Å². The van der Waals surface area contributed by atoms with Crippen molar-refractivity contribution in [3.8, 4) is 0 Å². The summed E-state index contributed by atoms with van der Waals surface area (Å²) in [5, 5.41) is 14.8. The van der Waals surface area contributed by atoms with Gasteiger partial charge >= 0.3 is 36.9 Å². The van der Waals surface area contributed by atoms with Gasteiger partial charge in [-0.15, -0.1) is 0 Å². The van der Waals surface area contributed by atoms with Crippen LogP contribution < -0.4 is 0 Å². The summed E-state index contributed by atoms with van der Waals surface area (Å²) < 4.78 is 0.